The van der Waals surface area contributed by atoms with E-state index >= 15 is 0 Å². The fourth-order valence-electron chi connectivity index (χ4n) is 5.40. The Morgan fingerprint density at radius 1 is 0.429 bits per heavy atom. The molecule has 0 amide bonds. The summed E-state index contributed by atoms with van der Waals surface area (Å²) in [6.45, 7) is 0. The van der Waals surface area contributed by atoms with Crippen molar-refractivity contribution in [3.63, 3.8) is 0 Å². The Bertz CT molecular complexity index is 1770. The van der Waals surface area contributed by atoms with Crippen LogP contribution in [0.1, 0.15) is 20.7 Å². The van der Waals surface area contributed by atoms with Crippen molar-refractivity contribution in [1.82, 2.24) is 4.57 Å². The summed E-state index contributed by atoms with van der Waals surface area (Å²) < 4.78 is 2.26. The van der Waals surface area contributed by atoms with Gasteiger partial charge in [0.25, 0.3) is 0 Å². The summed E-state index contributed by atoms with van der Waals surface area (Å²) in [5.41, 5.74) is 7.63. The highest BCUT2D eigenvalue weighted by Gasteiger charge is 2.32. The quantitative estimate of drug-likeness (QED) is 0.257. The minimum Gasteiger partial charge on any atom is -0.309 e. The van der Waals surface area contributed by atoms with Crippen LogP contribution in [0.4, 0.5) is 0 Å². The Balaban J connectivity index is 1.40. The van der Waals surface area contributed by atoms with Crippen LogP contribution in [-0.4, -0.2) is 16.1 Å². The lowest BCUT2D eigenvalue weighted by Crippen LogP contribution is -2.22. The second-order valence-corrected chi connectivity index (χ2v) is 8.85. The number of nitrogens with zero attached hydrogens (tertiary/aromatic N) is 1. The van der Waals surface area contributed by atoms with E-state index in [4.69, 9.17) is 0 Å². The van der Waals surface area contributed by atoms with Gasteiger partial charge in [0.1, 0.15) is 0 Å². The van der Waals surface area contributed by atoms with Gasteiger partial charge in [0, 0.05) is 27.6 Å². The molecule has 0 bridgehead atoms. The molecule has 0 saturated carbocycles. The van der Waals surface area contributed by atoms with Gasteiger partial charge in [0.05, 0.1) is 11.0 Å². The third-order valence-corrected chi connectivity index (χ3v) is 6.98. The molecule has 0 unspecified atom stereocenters. The van der Waals surface area contributed by atoms with Gasteiger partial charge in [-0.15, -0.1) is 0 Å². The van der Waals surface area contributed by atoms with Gasteiger partial charge in [-0.05, 0) is 46.5 Å². The first-order valence-corrected chi connectivity index (χ1v) is 11.6. The fraction of sp³-hybridized carbons (Fsp3) is 0. The van der Waals surface area contributed by atoms with Gasteiger partial charge in [-0.3, -0.25) is 9.59 Å². The molecule has 1 heterocycles. The molecule has 3 heteroatoms. The molecule has 35 heavy (non-hydrogen) atoms. The third kappa shape index (κ3) is 2.79. The summed E-state index contributed by atoms with van der Waals surface area (Å²) in [7, 11) is 0. The first kappa shape index (κ1) is 19.7. The lowest BCUT2D eigenvalue weighted by Gasteiger charge is -2.20. The van der Waals surface area contributed by atoms with Gasteiger partial charge in [-0.2, -0.15) is 0 Å². The maximum Gasteiger partial charge on any atom is 0.234 e. The number of aromatic nitrogens is 1. The molecule has 0 radical (unpaired) electrons. The summed E-state index contributed by atoms with van der Waals surface area (Å²) in [5, 5.41) is 2.43. The average molecular weight is 450 g/mol. The van der Waals surface area contributed by atoms with Crippen LogP contribution in [0.3, 0.4) is 0 Å². The predicted molar refractivity (Wildman–Crippen MR) is 140 cm³/mol. The molecule has 0 atom stereocenters. The molecule has 1 aliphatic carbocycles. The highest BCUT2D eigenvalue weighted by atomic mass is 16.2. The van der Waals surface area contributed by atoms with Gasteiger partial charge < -0.3 is 4.57 Å². The summed E-state index contributed by atoms with van der Waals surface area (Å²) in [6.07, 6.45) is 0. The van der Waals surface area contributed by atoms with E-state index in [1.807, 2.05) is 42.5 Å². The van der Waals surface area contributed by atoms with E-state index in [1.54, 1.807) is 12.1 Å². The first-order valence-electron chi connectivity index (χ1n) is 11.6. The van der Waals surface area contributed by atoms with Crippen molar-refractivity contribution in [1.29, 1.82) is 0 Å². The smallest absolute Gasteiger partial charge is 0.234 e. The number of hydrogen-bond acceptors (Lipinski definition) is 2. The molecule has 0 fully saturated rings. The van der Waals surface area contributed by atoms with Crippen LogP contribution in [0.2, 0.25) is 0 Å². The molecule has 5 aromatic carbocycles. The zero-order chi connectivity index (χ0) is 23.5. The predicted octanol–water partition coefficient (Wildman–Crippen LogP) is 7.50. The van der Waals surface area contributed by atoms with Crippen LogP contribution in [0.5, 0.6) is 0 Å². The van der Waals surface area contributed by atoms with Gasteiger partial charge in [-0.25, -0.2) is 0 Å². The summed E-state index contributed by atoms with van der Waals surface area (Å²) in [6, 6.07) is 38.2. The van der Waals surface area contributed by atoms with E-state index in [2.05, 4.69) is 65.2 Å². The highest BCUT2D eigenvalue weighted by molar-refractivity contribution is 6.53. The normalized spacial score (nSPS) is 12.7. The van der Waals surface area contributed by atoms with Crippen molar-refractivity contribution in [2.45, 2.75) is 0 Å². The number of benzene rings is 5. The minimum atomic E-state index is -0.444. The molecule has 0 saturated heterocycles. The summed E-state index contributed by atoms with van der Waals surface area (Å²) in [4.78, 5) is 26.0. The number of ketones is 2. The van der Waals surface area contributed by atoms with Crippen molar-refractivity contribution in [2.24, 2.45) is 0 Å². The monoisotopic (exact) mass is 449 g/mol. The van der Waals surface area contributed by atoms with Crippen molar-refractivity contribution >= 4 is 33.4 Å². The van der Waals surface area contributed by atoms with Crippen molar-refractivity contribution in [2.75, 3.05) is 0 Å². The third-order valence-electron chi connectivity index (χ3n) is 6.98. The van der Waals surface area contributed by atoms with E-state index in [0.29, 0.717) is 11.1 Å². The number of Topliss-reactive ketones (excluding diaryl/α,β-unsaturated/α-hetero) is 2. The Morgan fingerprint density at radius 3 is 1.66 bits per heavy atom. The molecule has 1 aromatic heterocycles. The SMILES string of the molecule is O=C1C(=O)c2c(-c3ccc(-n4c5ccccc5c5ccccc54)cc3)cccc2-c2ccccc21. The number of carbonyl (C=O) groups excluding carboxylic acids is 2. The second-order valence-electron chi connectivity index (χ2n) is 8.85. The van der Waals surface area contributed by atoms with Crippen LogP contribution in [0.15, 0.2) is 115 Å². The Kier molecular flexibility index (Phi) is 4.15. The molecule has 7 rings (SSSR count). The number of para-hydroxylation sites is 2. The van der Waals surface area contributed by atoms with Gasteiger partial charge in [-0.1, -0.05) is 91.0 Å². The lowest BCUT2D eigenvalue weighted by molar-refractivity contribution is 0.0815. The second kappa shape index (κ2) is 7.37. The number of hydrogen-bond donors (Lipinski definition) is 0. The Labute approximate surface area is 201 Å². The van der Waals surface area contributed by atoms with Crippen molar-refractivity contribution < 1.29 is 9.59 Å². The maximum atomic E-state index is 13.2. The van der Waals surface area contributed by atoms with E-state index < -0.39 is 11.6 Å². The van der Waals surface area contributed by atoms with Crippen LogP contribution < -0.4 is 0 Å². The minimum absolute atomic E-state index is 0.442. The molecular formula is C32H19NO2. The number of rotatable bonds is 2. The molecule has 0 N–H and O–H groups in total. The highest BCUT2D eigenvalue weighted by Crippen LogP contribution is 2.39. The summed E-state index contributed by atoms with van der Waals surface area (Å²) in [5.74, 6) is -0.886. The molecule has 1 aliphatic rings. The fourth-order valence-corrected chi connectivity index (χ4v) is 5.40. The molecule has 6 aromatic rings. The standard InChI is InChI=1S/C32H19NO2/c34-31-27-11-2-1-8-23(27)26-13-7-12-22(30(26)32(31)35)20-16-18-21(19-17-20)33-28-14-5-3-9-24(28)25-10-4-6-15-29(25)33/h1-19H. The molecule has 3 nitrogen and oxygen atoms in total. The van der Waals surface area contributed by atoms with E-state index in [9.17, 15) is 9.59 Å². The topological polar surface area (TPSA) is 39.1 Å². The van der Waals surface area contributed by atoms with E-state index in [-0.39, 0.29) is 0 Å². The van der Waals surface area contributed by atoms with Gasteiger partial charge >= 0.3 is 0 Å². The molecule has 0 aliphatic heterocycles. The van der Waals surface area contributed by atoms with Crippen LogP contribution in [0, 0.1) is 0 Å². The van der Waals surface area contributed by atoms with Crippen LogP contribution in [-0.2, 0) is 0 Å². The van der Waals surface area contributed by atoms with Crippen molar-refractivity contribution in [3.05, 3.63) is 126 Å². The maximum absolute atomic E-state index is 13.2. The van der Waals surface area contributed by atoms with Gasteiger partial charge in [0.15, 0.2) is 0 Å². The van der Waals surface area contributed by atoms with Crippen LogP contribution in [0.25, 0.3) is 49.7 Å². The lowest BCUT2D eigenvalue weighted by atomic mass is 9.80. The molecule has 164 valence electrons. The zero-order valence-electron chi connectivity index (χ0n) is 18.7. The van der Waals surface area contributed by atoms with E-state index in [0.717, 1.165) is 39.0 Å². The average Bonchev–Trinajstić information content (AvgIpc) is 3.26. The largest absolute Gasteiger partial charge is 0.309 e. The Hall–Kier alpha value is -4.76. The molecular weight excluding hydrogens is 430 g/mol. The van der Waals surface area contributed by atoms with E-state index in [1.165, 1.54) is 10.8 Å². The zero-order valence-corrected chi connectivity index (χ0v) is 18.7. The first-order chi connectivity index (χ1) is 17.2. The van der Waals surface area contributed by atoms with Crippen LogP contribution >= 0.6 is 0 Å². The number of carbonyl (C=O) groups is 2. The molecule has 0 spiro atoms. The summed E-state index contributed by atoms with van der Waals surface area (Å²) >= 11 is 0. The number of fused-ring (bicyclic) bond motifs is 6. The Morgan fingerprint density at radius 2 is 0.971 bits per heavy atom. The van der Waals surface area contributed by atoms with Gasteiger partial charge in [0.2, 0.25) is 11.6 Å². The van der Waals surface area contributed by atoms with Crippen molar-refractivity contribution in [3.8, 4) is 27.9 Å².